The molecule has 0 saturated heterocycles. The molecule has 0 bridgehead atoms. The molecule has 0 aliphatic rings. The van der Waals surface area contributed by atoms with Crippen molar-refractivity contribution in [1.82, 2.24) is 4.31 Å². The number of carbonyl (C=O) groups excluding carboxylic acids is 1. The number of carbonyl (C=O) groups is 1. The molecule has 0 atom stereocenters. The third-order valence-electron chi connectivity index (χ3n) is 4.06. The third kappa shape index (κ3) is 4.76. The Balaban J connectivity index is 2.42. The van der Waals surface area contributed by atoms with Crippen LogP contribution >= 0.6 is 34.8 Å². The van der Waals surface area contributed by atoms with Crippen molar-refractivity contribution in [3.05, 3.63) is 56.5 Å². The van der Waals surface area contributed by atoms with Crippen LogP contribution in [0.1, 0.15) is 29.8 Å². The summed E-state index contributed by atoms with van der Waals surface area (Å²) in [7, 11) is -3.68. The van der Waals surface area contributed by atoms with E-state index in [1.807, 2.05) is 0 Å². The molecule has 0 heterocycles. The molecule has 2 aromatic rings. The lowest BCUT2D eigenvalue weighted by atomic mass is 10.1. The van der Waals surface area contributed by atoms with Gasteiger partial charge in [-0.2, -0.15) is 4.31 Å². The summed E-state index contributed by atoms with van der Waals surface area (Å²) in [6, 6.07) is 7.32. The number of benzene rings is 2. The van der Waals surface area contributed by atoms with Crippen LogP contribution in [0.2, 0.25) is 15.1 Å². The number of amides is 1. The van der Waals surface area contributed by atoms with Crippen LogP contribution in [0.25, 0.3) is 0 Å². The second kappa shape index (κ2) is 8.80. The molecule has 1 N–H and O–H groups in total. The number of hydrogen-bond acceptors (Lipinski definition) is 3. The molecule has 0 aliphatic heterocycles. The van der Waals surface area contributed by atoms with Gasteiger partial charge in [0.1, 0.15) is 0 Å². The maximum atomic E-state index is 12.7. The lowest BCUT2D eigenvalue weighted by molar-refractivity contribution is 0.102. The molecule has 2 rings (SSSR count). The van der Waals surface area contributed by atoms with Crippen LogP contribution in [0, 0.1) is 6.92 Å². The van der Waals surface area contributed by atoms with Crippen molar-refractivity contribution in [2.75, 3.05) is 18.4 Å². The fourth-order valence-electron chi connectivity index (χ4n) is 2.53. The van der Waals surface area contributed by atoms with Crippen molar-refractivity contribution in [3.63, 3.8) is 0 Å². The van der Waals surface area contributed by atoms with Crippen molar-refractivity contribution in [2.24, 2.45) is 0 Å². The number of nitrogens with zero attached hydrogens (tertiary/aromatic N) is 1. The molecule has 2 aromatic carbocycles. The Morgan fingerprint density at radius 1 is 1.00 bits per heavy atom. The van der Waals surface area contributed by atoms with Gasteiger partial charge in [0.25, 0.3) is 5.91 Å². The van der Waals surface area contributed by atoms with Gasteiger partial charge in [-0.05, 0) is 36.8 Å². The molecule has 0 unspecified atom stereocenters. The highest BCUT2D eigenvalue weighted by atomic mass is 35.5. The Morgan fingerprint density at radius 3 is 2.19 bits per heavy atom. The van der Waals surface area contributed by atoms with Gasteiger partial charge in [-0.25, -0.2) is 8.42 Å². The summed E-state index contributed by atoms with van der Waals surface area (Å²) >= 11 is 18.0. The van der Waals surface area contributed by atoms with E-state index in [1.165, 1.54) is 28.6 Å². The van der Waals surface area contributed by atoms with Gasteiger partial charge in [0, 0.05) is 18.7 Å². The standard InChI is InChI=1S/C18H19Cl3N2O3S/c1-4-23(5-2)27(25,26)12-7-6-11(3)13(8-12)18(24)22-17-10-15(20)14(19)9-16(17)21/h6-10H,4-5H2,1-3H3,(H,22,24). The zero-order valence-electron chi connectivity index (χ0n) is 15.0. The molecule has 0 aliphatic carbocycles. The highest BCUT2D eigenvalue weighted by Gasteiger charge is 2.23. The van der Waals surface area contributed by atoms with Crippen LogP contribution in [0.4, 0.5) is 5.69 Å². The first-order valence-electron chi connectivity index (χ1n) is 8.18. The lowest BCUT2D eigenvalue weighted by Crippen LogP contribution is -2.30. The summed E-state index contributed by atoms with van der Waals surface area (Å²) < 4.78 is 26.8. The Bertz CT molecular complexity index is 974. The van der Waals surface area contributed by atoms with Crippen molar-refractivity contribution in [2.45, 2.75) is 25.7 Å². The van der Waals surface area contributed by atoms with Gasteiger partial charge >= 0.3 is 0 Å². The van der Waals surface area contributed by atoms with E-state index in [0.717, 1.165) is 0 Å². The predicted octanol–water partition coefficient (Wildman–Crippen LogP) is 5.24. The number of rotatable bonds is 6. The van der Waals surface area contributed by atoms with Gasteiger partial charge in [-0.1, -0.05) is 54.7 Å². The number of sulfonamides is 1. The topological polar surface area (TPSA) is 66.5 Å². The number of nitrogens with one attached hydrogen (secondary N) is 1. The maximum absolute atomic E-state index is 12.7. The zero-order chi connectivity index (χ0) is 20.4. The SMILES string of the molecule is CCN(CC)S(=O)(=O)c1ccc(C)c(C(=O)Nc2cc(Cl)c(Cl)cc2Cl)c1. The van der Waals surface area contributed by atoms with Crippen molar-refractivity contribution >= 4 is 56.4 Å². The first kappa shape index (κ1) is 22.0. The number of anilines is 1. The normalized spacial score (nSPS) is 11.7. The monoisotopic (exact) mass is 448 g/mol. The van der Waals surface area contributed by atoms with Crippen LogP contribution in [-0.2, 0) is 10.0 Å². The van der Waals surface area contributed by atoms with Crippen molar-refractivity contribution in [3.8, 4) is 0 Å². The van der Waals surface area contributed by atoms with Crippen LogP contribution < -0.4 is 5.32 Å². The average molecular weight is 450 g/mol. The van der Waals surface area contributed by atoms with E-state index in [-0.39, 0.29) is 31.2 Å². The Labute approximate surface area is 174 Å². The molecule has 9 heteroatoms. The molecule has 0 fully saturated rings. The van der Waals surface area contributed by atoms with E-state index < -0.39 is 15.9 Å². The first-order valence-corrected chi connectivity index (χ1v) is 10.8. The number of halogens is 3. The Kier molecular flexibility index (Phi) is 7.16. The molecular weight excluding hydrogens is 431 g/mol. The van der Waals surface area contributed by atoms with Gasteiger partial charge in [-0.3, -0.25) is 4.79 Å². The van der Waals surface area contributed by atoms with E-state index in [2.05, 4.69) is 5.32 Å². The van der Waals surface area contributed by atoms with E-state index in [4.69, 9.17) is 34.8 Å². The third-order valence-corrected chi connectivity index (χ3v) is 7.14. The summed E-state index contributed by atoms with van der Waals surface area (Å²) in [5, 5.41) is 3.38. The van der Waals surface area contributed by atoms with Gasteiger partial charge < -0.3 is 5.32 Å². The van der Waals surface area contributed by atoms with Crippen LogP contribution in [0.15, 0.2) is 35.2 Å². The Hall–Kier alpha value is -1.31. The van der Waals surface area contributed by atoms with Gasteiger partial charge in [0.2, 0.25) is 10.0 Å². The summed E-state index contributed by atoms with van der Waals surface area (Å²) in [6.45, 7) is 5.92. The minimum atomic E-state index is -3.68. The molecule has 0 spiro atoms. The second-order valence-electron chi connectivity index (χ2n) is 5.77. The van der Waals surface area contributed by atoms with Crippen LogP contribution in [0.3, 0.4) is 0 Å². The van der Waals surface area contributed by atoms with Crippen LogP contribution in [-0.4, -0.2) is 31.7 Å². The molecule has 146 valence electrons. The van der Waals surface area contributed by atoms with Gasteiger partial charge in [0.05, 0.1) is 25.7 Å². The number of aryl methyl sites for hydroxylation is 1. The maximum Gasteiger partial charge on any atom is 0.256 e. The summed E-state index contributed by atoms with van der Waals surface area (Å²) in [6.07, 6.45) is 0. The number of hydrogen-bond donors (Lipinski definition) is 1. The highest BCUT2D eigenvalue weighted by molar-refractivity contribution is 7.89. The molecular formula is C18H19Cl3N2O3S. The summed E-state index contributed by atoms with van der Waals surface area (Å²) in [5.41, 5.74) is 1.14. The molecule has 0 aromatic heterocycles. The van der Waals surface area contributed by atoms with E-state index in [1.54, 1.807) is 26.8 Å². The highest BCUT2D eigenvalue weighted by Crippen LogP contribution is 2.32. The molecule has 0 radical (unpaired) electrons. The van der Waals surface area contributed by atoms with Crippen LogP contribution in [0.5, 0.6) is 0 Å². The van der Waals surface area contributed by atoms with Crippen molar-refractivity contribution in [1.29, 1.82) is 0 Å². The Morgan fingerprint density at radius 2 is 1.59 bits per heavy atom. The minimum absolute atomic E-state index is 0.0576. The molecule has 27 heavy (non-hydrogen) atoms. The molecule has 5 nitrogen and oxygen atoms in total. The lowest BCUT2D eigenvalue weighted by Gasteiger charge is -2.19. The van der Waals surface area contributed by atoms with E-state index >= 15 is 0 Å². The van der Waals surface area contributed by atoms with Gasteiger partial charge in [0.15, 0.2) is 0 Å². The predicted molar refractivity (Wildman–Crippen MR) is 111 cm³/mol. The van der Waals surface area contributed by atoms with E-state index in [0.29, 0.717) is 18.7 Å². The fraction of sp³-hybridized carbons (Fsp3) is 0.278. The summed E-state index contributed by atoms with van der Waals surface area (Å²) in [5.74, 6) is -0.496. The quantitative estimate of drug-likeness (QED) is 0.613. The molecule has 0 saturated carbocycles. The zero-order valence-corrected chi connectivity index (χ0v) is 18.1. The first-order chi connectivity index (χ1) is 12.6. The average Bonchev–Trinajstić information content (AvgIpc) is 2.60. The van der Waals surface area contributed by atoms with Gasteiger partial charge in [-0.15, -0.1) is 0 Å². The van der Waals surface area contributed by atoms with E-state index in [9.17, 15) is 13.2 Å². The minimum Gasteiger partial charge on any atom is -0.321 e. The van der Waals surface area contributed by atoms with Crippen molar-refractivity contribution < 1.29 is 13.2 Å². The summed E-state index contributed by atoms with van der Waals surface area (Å²) in [4.78, 5) is 12.8. The molecule has 1 amide bonds. The fourth-order valence-corrected chi connectivity index (χ4v) is 4.61. The second-order valence-corrected chi connectivity index (χ2v) is 8.93. The smallest absolute Gasteiger partial charge is 0.256 e. The largest absolute Gasteiger partial charge is 0.321 e.